The molecule has 0 N–H and O–H groups in total. The van der Waals surface area contributed by atoms with E-state index < -0.39 is 0 Å². The van der Waals surface area contributed by atoms with Crippen LogP contribution in [0, 0.1) is 0 Å². The van der Waals surface area contributed by atoms with Gasteiger partial charge >= 0.3 is 0 Å². The number of halogens is 1. The first-order valence-electron chi connectivity index (χ1n) is 3.79. The van der Waals surface area contributed by atoms with Crippen molar-refractivity contribution < 1.29 is 3.89 Å². The van der Waals surface area contributed by atoms with Crippen molar-refractivity contribution in [3.63, 3.8) is 0 Å². The molecule has 0 radical (unpaired) electrons. The van der Waals surface area contributed by atoms with Crippen LogP contribution < -0.4 is 0 Å². The smallest absolute Gasteiger partial charge is 0.171 e. The molecule has 0 spiro atoms. The van der Waals surface area contributed by atoms with Crippen LogP contribution in [0.2, 0.25) is 0 Å². The summed E-state index contributed by atoms with van der Waals surface area (Å²) in [6.45, 7) is 0. The second kappa shape index (κ2) is 4.02. The topological polar surface area (TPSA) is 30.2 Å². The largest absolute Gasteiger partial charge is 0.245 e. The average molecular weight is 227 g/mol. The number of nitrogens with zero attached hydrogens (tertiary/aromatic N) is 3. The Hall–Kier alpha value is -1.01. The van der Waals surface area contributed by atoms with Crippen LogP contribution in [-0.2, 0) is 0 Å². The summed E-state index contributed by atoms with van der Waals surface area (Å²) in [4.78, 5) is 4.05. The van der Waals surface area contributed by atoms with E-state index in [0.29, 0.717) is 0 Å². The first-order chi connectivity index (χ1) is 6.85. The maximum absolute atomic E-state index is 12.3. The van der Waals surface area contributed by atoms with Crippen LogP contribution in [0.3, 0.4) is 0 Å². The molecule has 72 valence electrons. The molecule has 14 heavy (non-hydrogen) atoms. The highest BCUT2D eigenvalue weighted by Crippen LogP contribution is 2.19. The molecule has 0 fully saturated rings. The molecule has 1 aromatic carbocycles. The van der Waals surface area contributed by atoms with E-state index in [1.54, 1.807) is 12.3 Å². The maximum Gasteiger partial charge on any atom is 0.171 e. The van der Waals surface area contributed by atoms with Gasteiger partial charge in [0.05, 0.1) is 11.0 Å². The van der Waals surface area contributed by atoms with Crippen molar-refractivity contribution in [1.82, 2.24) is 8.96 Å². The first-order valence-corrected chi connectivity index (χ1v) is 4.86. The van der Waals surface area contributed by atoms with Gasteiger partial charge in [-0.15, -0.1) is 3.89 Å². The number of imidazole rings is 1. The highest BCUT2D eigenvalue weighted by molar-refractivity contribution is 7.92. The number of rotatable bonds is 2. The highest BCUT2D eigenvalue weighted by atomic mass is 32.2. The number of thiol groups is 1. The Bertz CT molecular complexity index is 480. The summed E-state index contributed by atoms with van der Waals surface area (Å²) in [5.74, 6) is 0. The monoisotopic (exact) mass is 227 g/mol. The van der Waals surface area contributed by atoms with E-state index in [2.05, 4.69) is 22.2 Å². The molecule has 1 aromatic heterocycles. The number of hydrogen-bond donors (Lipinski definition) is 1. The minimum absolute atomic E-state index is 0.130. The van der Waals surface area contributed by atoms with Gasteiger partial charge < -0.3 is 0 Å². The minimum atomic E-state index is 0.130. The zero-order chi connectivity index (χ0) is 9.97. The normalized spacial score (nSPS) is 11.6. The van der Waals surface area contributed by atoms with E-state index in [1.807, 2.05) is 12.1 Å². The molecule has 0 atom stereocenters. The number of benzene rings is 1. The van der Waals surface area contributed by atoms with E-state index in [0.717, 1.165) is 16.6 Å². The third-order valence-corrected chi connectivity index (χ3v) is 2.37. The Labute approximate surface area is 90.0 Å². The Morgan fingerprint density at radius 3 is 3.14 bits per heavy atom. The van der Waals surface area contributed by atoms with Crippen LogP contribution in [0.15, 0.2) is 28.9 Å². The SMILES string of the molecule is FSn1cnc2cc(/C=N/S)ccc21. The Morgan fingerprint density at radius 1 is 1.57 bits per heavy atom. The first kappa shape index (κ1) is 9.54. The van der Waals surface area contributed by atoms with E-state index in [4.69, 9.17) is 0 Å². The van der Waals surface area contributed by atoms with Crippen molar-refractivity contribution in [2.75, 3.05) is 0 Å². The molecule has 0 aliphatic rings. The zero-order valence-corrected chi connectivity index (χ0v) is 8.67. The van der Waals surface area contributed by atoms with E-state index in [-0.39, 0.29) is 12.3 Å². The third-order valence-electron chi connectivity index (χ3n) is 1.82. The van der Waals surface area contributed by atoms with Crippen LogP contribution in [0.5, 0.6) is 0 Å². The molecule has 0 saturated heterocycles. The fraction of sp³-hybridized carbons (Fsp3) is 0. The van der Waals surface area contributed by atoms with Gasteiger partial charge in [0.2, 0.25) is 0 Å². The number of aromatic nitrogens is 2. The minimum Gasteiger partial charge on any atom is -0.245 e. The summed E-state index contributed by atoms with van der Waals surface area (Å²) in [7, 11) is 0. The number of fused-ring (bicyclic) bond motifs is 1. The van der Waals surface area contributed by atoms with Gasteiger partial charge in [0.1, 0.15) is 6.33 Å². The molecular weight excluding hydrogens is 221 g/mol. The van der Waals surface area contributed by atoms with Crippen molar-refractivity contribution in [1.29, 1.82) is 0 Å². The lowest BCUT2D eigenvalue weighted by atomic mass is 10.2. The highest BCUT2D eigenvalue weighted by Gasteiger charge is 2.02. The molecule has 3 nitrogen and oxygen atoms in total. The maximum atomic E-state index is 12.3. The van der Waals surface area contributed by atoms with Gasteiger partial charge in [-0.05, 0) is 30.5 Å². The number of hydrogen-bond acceptors (Lipinski definition) is 4. The summed E-state index contributed by atoms with van der Waals surface area (Å²) < 4.78 is 17.3. The average Bonchev–Trinajstić information content (AvgIpc) is 2.60. The second-order valence-corrected chi connectivity index (χ2v) is 3.39. The fourth-order valence-corrected chi connectivity index (χ4v) is 1.65. The fourth-order valence-electron chi connectivity index (χ4n) is 1.21. The van der Waals surface area contributed by atoms with Gasteiger partial charge in [0.15, 0.2) is 12.3 Å². The lowest BCUT2D eigenvalue weighted by Gasteiger charge is -1.95. The summed E-state index contributed by atoms with van der Waals surface area (Å²) in [6, 6.07) is 5.44. The second-order valence-electron chi connectivity index (χ2n) is 2.63. The quantitative estimate of drug-likeness (QED) is 0.631. The molecule has 0 saturated carbocycles. The van der Waals surface area contributed by atoms with Crippen LogP contribution >= 0.6 is 25.1 Å². The zero-order valence-electron chi connectivity index (χ0n) is 6.96. The standard InChI is InChI=1S/C8H6FN3S2/c9-14-12-5-10-7-3-6(4-11-13)1-2-8(7)12/h1-5,13H/b11-4+. The van der Waals surface area contributed by atoms with Crippen LogP contribution in [-0.4, -0.2) is 15.2 Å². The Balaban J connectivity index is 2.57. The molecule has 0 amide bonds. The lowest BCUT2D eigenvalue weighted by Crippen LogP contribution is -1.82. The molecule has 0 aliphatic heterocycles. The van der Waals surface area contributed by atoms with Gasteiger partial charge in [-0.1, -0.05) is 6.07 Å². The van der Waals surface area contributed by atoms with Gasteiger partial charge in [-0.25, -0.2) is 13.4 Å². The molecule has 2 aromatic rings. The van der Waals surface area contributed by atoms with E-state index >= 15 is 0 Å². The molecule has 6 heteroatoms. The van der Waals surface area contributed by atoms with Crippen LogP contribution in [0.1, 0.15) is 5.56 Å². The molecule has 2 rings (SSSR count). The van der Waals surface area contributed by atoms with Crippen molar-refractivity contribution in [3.8, 4) is 0 Å². The predicted octanol–water partition coefficient (Wildman–Crippen LogP) is 2.68. The van der Waals surface area contributed by atoms with E-state index in [9.17, 15) is 3.89 Å². The van der Waals surface area contributed by atoms with E-state index in [1.165, 1.54) is 10.3 Å². The third kappa shape index (κ3) is 1.62. The van der Waals surface area contributed by atoms with Crippen molar-refractivity contribution >= 4 is 42.4 Å². The molecule has 0 unspecified atom stereocenters. The summed E-state index contributed by atoms with van der Waals surface area (Å²) >= 11 is 3.86. The van der Waals surface area contributed by atoms with Crippen molar-refractivity contribution in [2.24, 2.45) is 4.40 Å². The van der Waals surface area contributed by atoms with Crippen LogP contribution in [0.4, 0.5) is 3.89 Å². The van der Waals surface area contributed by atoms with Gasteiger partial charge in [-0.3, -0.25) is 0 Å². The van der Waals surface area contributed by atoms with Crippen molar-refractivity contribution in [2.45, 2.75) is 0 Å². The molecule has 1 heterocycles. The lowest BCUT2D eigenvalue weighted by molar-refractivity contribution is 0.919. The Kier molecular flexibility index (Phi) is 2.74. The Morgan fingerprint density at radius 2 is 2.43 bits per heavy atom. The van der Waals surface area contributed by atoms with Crippen molar-refractivity contribution in [3.05, 3.63) is 30.1 Å². The molecular formula is C8H6FN3S2. The molecule has 0 bridgehead atoms. The van der Waals surface area contributed by atoms with Crippen LogP contribution in [0.25, 0.3) is 11.0 Å². The summed E-state index contributed by atoms with van der Waals surface area (Å²) in [6.07, 6.45) is 3.04. The van der Waals surface area contributed by atoms with Gasteiger partial charge in [0.25, 0.3) is 0 Å². The van der Waals surface area contributed by atoms with Gasteiger partial charge in [0, 0.05) is 6.21 Å². The predicted molar refractivity (Wildman–Crippen MR) is 60.4 cm³/mol. The summed E-state index contributed by atoms with van der Waals surface area (Å²) in [5.41, 5.74) is 2.37. The summed E-state index contributed by atoms with van der Waals surface area (Å²) in [5, 5.41) is 0. The van der Waals surface area contributed by atoms with Gasteiger partial charge in [-0.2, -0.15) is 0 Å². The molecule has 0 aliphatic carbocycles.